The molecule has 4 rings (SSSR count). The minimum absolute atomic E-state index is 0.0227. The van der Waals surface area contributed by atoms with Crippen molar-refractivity contribution >= 4 is 38.5 Å². The summed E-state index contributed by atoms with van der Waals surface area (Å²) in [4.78, 5) is 24.4. The second-order valence-electron chi connectivity index (χ2n) is 7.78. The lowest BCUT2D eigenvalue weighted by Gasteiger charge is -2.20. The molecule has 0 radical (unpaired) electrons. The van der Waals surface area contributed by atoms with Gasteiger partial charge in [0.25, 0.3) is 0 Å². The molecular formula is C21H24F2N6O3S. The van der Waals surface area contributed by atoms with Gasteiger partial charge in [-0.3, -0.25) is 9.52 Å². The van der Waals surface area contributed by atoms with Crippen molar-refractivity contribution < 1.29 is 22.0 Å². The van der Waals surface area contributed by atoms with Gasteiger partial charge in [-0.1, -0.05) is 13.8 Å². The molecule has 0 saturated heterocycles. The summed E-state index contributed by atoms with van der Waals surface area (Å²) in [5.74, 6) is -2.45. The molecular weight excluding hydrogens is 454 g/mol. The van der Waals surface area contributed by atoms with Crippen molar-refractivity contribution in [2.45, 2.75) is 26.7 Å². The first-order chi connectivity index (χ1) is 15.8. The first kappa shape index (κ1) is 23.1. The van der Waals surface area contributed by atoms with Crippen molar-refractivity contribution in [3.05, 3.63) is 47.4 Å². The summed E-state index contributed by atoms with van der Waals surface area (Å²) in [6, 6.07) is 1.80. The number of carbonyl (C=O) groups is 1. The Morgan fingerprint density at radius 3 is 2.61 bits per heavy atom. The number of hydrogen-bond acceptors (Lipinski definition) is 6. The molecule has 176 valence electrons. The normalized spacial score (nSPS) is 14.1. The molecule has 1 saturated carbocycles. The quantitative estimate of drug-likeness (QED) is 0.385. The molecule has 2 aromatic heterocycles. The molecule has 0 unspecified atom stereocenters. The van der Waals surface area contributed by atoms with Gasteiger partial charge in [0.15, 0.2) is 5.82 Å². The van der Waals surface area contributed by atoms with Crippen molar-refractivity contribution in [2.24, 2.45) is 5.92 Å². The average molecular weight is 479 g/mol. The maximum atomic E-state index is 15.3. The van der Waals surface area contributed by atoms with Crippen LogP contribution in [0.15, 0.2) is 24.7 Å². The number of benzene rings is 1. The molecule has 0 spiro atoms. The summed E-state index contributed by atoms with van der Waals surface area (Å²) in [6.45, 7) is 4.24. The third kappa shape index (κ3) is 4.53. The monoisotopic (exact) mass is 478 g/mol. The topological polar surface area (TPSA) is 120 Å². The molecule has 3 aromatic rings. The number of aromatic amines is 1. The van der Waals surface area contributed by atoms with Crippen LogP contribution < -0.4 is 10.0 Å². The lowest BCUT2D eigenvalue weighted by molar-refractivity contribution is 0.103. The Bertz CT molecular complexity index is 1300. The molecule has 1 fully saturated rings. The van der Waals surface area contributed by atoms with Crippen LogP contribution in [0.25, 0.3) is 11.0 Å². The van der Waals surface area contributed by atoms with E-state index in [1.807, 2.05) is 0 Å². The Morgan fingerprint density at radius 2 is 1.94 bits per heavy atom. The third-order valence-corrected chi connectivity index (χ3v) is 7.25. The molecule has 0 bridgehead atoms. The van der Waals surface area contributed by atoms with Crippen LogP contribution in [0, 0.1) is 17.6 Å². The fourth-order valence-corrected chi connectivity index (χ4v) is 4.82. The largest absolute Gasteiger partial charge is 0.369 e. The standard InChI is InChI=1S/C21H24F2N6O3S/c1-3-29(4-2)33(31,32)28-15-8-7-14(22)17(18(15)23)19(30)13-10-25-21-16(13)20(26-11-27-21)24-9-12-5-6-12/h7-8,10-12,28H,3-6,9H2,1-2H3,(H2,24,25,26,27). The summed E-state index contributed by atoms with van der Waals surface area (Å²) >= 11 is 0. The number of carbonyl (C=O) groups excluding carboxylic acids is 1. The smallest absolute Gasteiger partial charge is 0.301 e. The SMILES string of the molecule is CCN(CC)S(=O)(=O)Nc1ccc(F)c(C(=O)c2c[nH]c3ncnc(NCC4CC4)c23)c1F. The summed E-state index contributed by atoms with van der Waals surface area (Å²) in [7, 11) is -4.08. The van der Waals surface area contributed by atoms with Gasteiger partial charge in [-0.2, -0.15) is 12.7 Å². The van der Waals surface area contributed by atoms with Crippen molar-refractivity contribution in [1.29, 1.82) is 0 Å². The van der Waals surface area contributed by atoms with E-state index >= 15 is 4.39 Å². The molecule has 0 amide bonds. The van der Waals surface area contributed by atoms with E-state index in [4.69, 9.17) is 0 Å². The number of fused-ring (bicyclic) bond motifs is 1. The van der Waals surface area contributed by atoms with Crippen molar-refractivity contribution in [2.75, 3.05) is 29.7 Å². The van der Waals surface area contributed by atoms with Crippen molar-refractivity contribution in [3.8, 4) is 0 Å². The number of halogens is 2. The number of hydrogen-bond donors (Lipinski definition) is 3. The van der Waals surface area contributed by atoms with Gasteiger partial charge >= 0.3 is 10.2 Å². The second kappa shape index (κ2) is 9.02. The number of rotatable bonds is 10. The molecule has 33 heavy (non-hydrogen) atoms. The molecule has 9 nitrogen and oxygen atoms in total. The third-order valence-electron chi connectivity index (χ3n) is 5.57. The lowest BCUT2D eigenvalue weighted by atomic mass is 10.0. The molecule has 1 aliphatic rings. The van der Waals surface area contributed by atoms with Gasteiger partial charge in [-0.05, 0) is 30.9 Å². The van der Waals surface area contributed by atoms with Crippen LogP contribution in [-0.2, 0) is 10.2 Å². The number of nitrogens with zero attached hydrogens (tertiary/aromatic N) is 3. The highest BCUT2D eigenvalue weighted by atomic mass is 32.2. The Kier molecular flexibility index (Phi) is 6.30. The van der Waals surface area contributed by atoms with Crippen LogP contribution in [0.5, 0.6) is 0 Å². The predicted molar refractivity (Wildman–Crippen MR) is 120 cm³/mol. The fourth-order valence-electron chi connectivity index (χ4n) is 3.58. The second-order valence-corrected chi connectivity index (χ2v) is 9.45. The van der Waals surface area contributed by atoms with Crippen LogP contribution in [0.1, 0.15) is 42.6 Å². The number of ketones is 1. The van der Waals surface area contributed by atoms with Gasteiger partial charge < -0.3 is 10.3 Å². The molecule has 12 heteroatoms. The molecule has 1 aromatic carbocycles. The van der Waals surface area contributed by atoms with E-state index in [-0.39, 0.29) is 18.7 Å². The van der Waals surface area contributed by atoms with Gasteiger partial charge in [0, 0.05) is 25.8 Å². The van der Waals surface area contributed by atoms with Crippen molar-refractivity contribution in [3.63, 3.8) is 0 Å². The van der Waals surface area contributed by atoms with E-state index in [0.717, 1.165) is 29.3 Å². The minimum atomic E-state index is -4.08. The minimum Gasteiger partial charge on any atom is -0.369 e. The number of anilines is 2. The Hall–Kier alpha value is -3.12. The van der Waals surface area contributed by atoms with E-state index < -0.39 is 38.9 Å². The maximum absolute atomic E-state index is 15.3. The highest BCUT2D eigenvalue weighted by molar-refractivity contribution is 7.90. The van der Waals surface area contributed by atoms with Crippen LogP contribution in [-0.4, -0.2) is 53.1 Å². The summed E-state index contributed by atoms with van der Waals surface area (Å²) < 4.78 is 58.1. The van der Waals surface area contributed by atoms with Crippen LogP contribution in [0.2, 0.25) is 0 Å². The zero-order valence-electron chi connectivity index (χ0n) is 18.2. The highest BCUT2D eigenvalue weighted by Crippen LogP contribution is 2.32. The van der Waals surface area contributed by atoms with Gasteiger partial charge in [0.1, 0.15) is 23.6 Å². The van der Waals surface area contributed by atoms with E-state index in [1.165, 1.54) is 12.5 Å². The van der Waals surface area contributed by atoms with E-state index in [2.05, 4.69) is 25.0 Å². The first-order valence-corrected chi connectivity index (χ1v) is 12.1. The molecule has 2 heterocycles. The van der Waals surface area contributed by atoms with E-state index in [0.29, 0.717) is 29.3 Å². The Balaban J connectivity index is 1.73. The summed E-state index contributed by atoms with van der Waals surface area (Å²) in [5.41, 5.74) is -1.07. The summed E-state index contributed by atoms with van der Waals surface area (Å²) in [5, 5.41) is 3.49. The molecule has 1 aliphatic carbocycles. The van der Waals surface area contributed by atoms with Crippen LogP contribution >= 0.6 is 0 Å². The van der Waals surface area contributed by atoms with Gasteiger partial charge in [-0.15, -0.1) is 0 Å². The van der Waals surface area contributed by atoms with Gasteiger partial charge in [-0.25, -0.2) is 18.7 Å². The Morgan fingerprint density at radius 1 is 1.21 bits per heavy atom. The number of nitrogens with one attached hydrogen (secondary N) is 3. The molecule has 0 atom stereocenters. The number of aromatic nitrogens is 3. The Labute approximate surface area is 189 Å². The van der Waals surface area contributed by atoms with E-state index in [9.17, 15) is 17.6 Å². The molecule has 3 N–H and O–H groups in total. The predicted octanol–water partition coefficient (Wildman–Crippen LogP) is 3.29. The maximum Gasteiger partial charge on any atom is 0.301 e. The van der Waals surface area contributed by atoms with Crippen LogP contribution in [0.3, 0.4) is 0 Å². The number of H-pyrrole nitrogens is 1. The average Bonchev–Trinajstić information content (AvgIpc) is 3.51. The lowest BCUT2D eigenvalue weighted by Crippen LogP contribution is -2.35. The zero-order valence-corrected chi connectivity index (χ0v) is 19.0. The van der Waals surface area contributed by atoms with Gasteiger partial charge in [0.2, 0.25) is 5.78 Å². The summed E-state index contributed by atoms with van der Waals surface area (Å²) in [6.07, 6.45) is 4.85. The van der Waals surface area contributed by atoms with Crippen molar-refractivity contribution in [1.82, 2.24) is 19.3 Å². The zero-order chi connectivity index (χ0) is 23.8. The first-order valence-electron chi connectivity index (χ1n) is 10.6. The fraction of sp³-hybridized carbons (Fsp3) is 0.381. The van der Waals surface area contributed by atoms with Crippen LogP contribution in [0.4, 0.5) is 20.3 Å². The van der Waals surface area contributed by atoms with E-state index in [1.54, 1.807) is 13.8 Å². The molecule has 0 aliphatic heterocycles. The highest BCUT2D eigenvalue weighted by Gasteiger charge is 2.28. The van der Waals surface area contributed by atoms with Gasteiger partial charge in [0.05, 0.1) is 22.2 Å².